The number of amides is 1. The Hall–Kier alpha value is -1.72. The first-order valence-electron chi connectivity index (χ1n) is 6.55. The number of thiophene rings is 1. The zero-order valence-electron chi connectivity index (χ0n) is 10.9. The van der Waals surface area contributed by atoms with Crippen LogP contribution in [0.5, 0.6) is 0 Å². The summed E-state index contributed by atoms with van der Waals surface area (Å²) in [6.07, 6.45) is 0.513. The second kappa shape index (κ2) is 5.73. The maximum absolute atomic E-state index is 13.9. The summed E-state index contributed by atoms with van der Waals surface area (Å²) in [7, 11) is 0. The van der Waals surface area contributed by atoms with Crippen LogP contribution < -0.4 is 10.6 Å². The molecule has 1 aliphatic rings. The van der Waals surface area contributed by atoms with E-state index in [0.717, 1.165) is 10.4 Å². The van der Waals surface area contributed by atoms with Gasteiger partial charge < -0.3 is 10.6 Å². The fourth-order valence-electron chi connectivity index (χ4n) is 2.31. The second-order valence-electron chi connectivity index (χ2n) is 4.88. The van der Waals surface area contributed by atoms with Crippen LogP contribution in [0.2, 0.25) is 0 Å². The van der Waals surface area contributed by atoms with Crippen LogP contribution in [0, 0.1) is 5.82 Å². The van der Waals surface area contributed by atoms with Crippen molar-refractivity contribution in [2.75, 3.05) is 6.54 Å². The summed E-state index contributed by atoms with van der Waals surface area (Å²) in [4.78, 5) is 12.1. The maximum atomic E-state index is 13.9. The monoisotopic (exact) mass is 290 g/mol. The number of rotatable bonds is 4. The van der Waals surface area contributed by atoms with E-state index in [-0.39, 0.29) is 17.8 Å². The predicted octanol–water partition coefficient (Wildman–Crippen LogP) is 2.53. The van der Waals surface area contributed by atoms with Gasteiger partial charge in [0, 0.05) is 36.0 Å². The lowest BCUT2D eigenvalue weighted by atomic mass is 10.1. The largest absolute Gasteiger partial charge is 0.354 e. The van der Waals surface area contributed by atoms with Gasteiger partial charge in [-0.1, -0.05) is 12.1 Å². The molecular formula is C15H15FN2OS. The molecule has 1 saturated heterocycles. The average Bonchev–Trinajstić information content (AvgIpc) is 3.09. The van der Waals surface area contributed by atoms with Gasteiger partial charge >= 0.3 is 0 Å². The molecule has 1 aromatic heterocycles. The molecule has 104 valence electrons. The summed E-state index contributed by atoms with van der Waals surface area (Å²) < 4.78 is 13.9. The van der Waals surface area contributed by atoms with E-state index in [1.54, 1.807) is 6.07 Å². The number of hydrogen-bond donors (Lipinski definition) is 2. The number of hydrogen-bond acceptors (Lipinski definition) is 3. The van der Waals surface area contributed by atoms with Gasteiger partial charge in [-0.25, -0.2) is 4.39 Å². The first kappa shape index (κ1) is 13.3. The van der Waals surface area contributed by atoms with Gasteiger partial charge in [-0.15, -0.1) is 11.3 Å². The molecule has 1 unspecified atom stereocenters. The molecule has 2 N–H and O–H groups in total. The Labute approximate surface area is 120 Å². The highest BCUT2D eigenvalue weighted by Crippen LogP contribution is 2.28. The fraction of sp³-hybridized carbons (Fsp3) is 0.267. The van der Waals surface area contributed by atoms with E-state index in [0.29, 0.717) is 25.1 Å². The molecule has 20 heavy (non-hydrogen) atoms. The summed E-state index contributed by atoms with van der Waals surface area (Å²) >= 11 is 1.53. The Balaban J connectivity index is 1.71. The van der Waals surface area contributed by atoms with Crippen LogP contribution in [0.3, 0.4) is 0 Å². The second-order valence-corrected chi connectivity index (χ2v) is 5.83. The summed E-state index contributed by atoms with van der Waals surface area (Å²) in [6, 6.07) is 9.16. The fourth-order valence-corrected chi connectivity index (χ4v) is 3.06. The van der Waals surface area contributed by atoms with Gasteiger partial charge in [0.05, 0.1) is 0 Å². The van der Waals surface area contributed by atoms with Gasteiger partial charge in [-0.2, -0.15) is 0 Å². The number of benzene rings is 1. The molecule has 3 nitrogen and oxygen atoms in total. The standard InChI is InChI=1S/C15H15FN2OS/c16-13-4-3-10(6-12(13)14-2-1-5-20-14)8-17-11-7-15(19)18-9-11/h1-6,11,17H,7-9H2,(H,18,19). The Bertz CT molecular complexity index is 612. The van der Waals surface area contributed by atoms with E-state index in [1.807, 2.05) is 23.6 Å². The summed E-state index contributed by atoms with van der Waals surface area (Å²) in [6.45, 7) is 1.30. The molecule has 5 heteroatoms. The lowest BCUT2D eigenvalue weighted by Gasteiger charge is -2.11. The third-order valence-electron chi connectivity index (χ3n) is 3.39. The van der Waals surface area contributed by atoms with Gasteiger partial charge in [0.1, 0.15) is 5.82 Å². The van der Waals surface area contributed by atoms with E-state index < -0.39 is 0 Å². The van der Waals surface area contributed by atoms with E-state index >= 15 is 0 Å². The van der Waals surface area contributed by atoms with Crippen LogP contribution in [-0.2, 0) is 11.3 Å². The number of carbonyl (C=O) groups is 1. The van der Waals surface area contributed by atoms with Crippen molar-refractivity contribution in [1.82, 2.24) is 10.6 Å². The zero-order valence-corrected chi connectivity index (χ0v) is 11.7. The Morgan fingerprint density at radius 1 is 1.40 bits per heavy atom. The van der Waals surface area contributed by atoms with Crippen molar-refractivity contribution in [3.05, 3.63) is 47.1 Å². The molecule has 2 aromatic rings. The molecule has 0 radical (unpaired) electrons. The lowest BCUT2D eigenvalue weighted by molar-refractivity contribution is -0.119. The number of halogens is 1. The van der Waals surface area contributed by atoms with E-state index in [4.69, 9.17) is 0 Å². The van der Waals surface area contributed by atoms with Gasteiger partial charge in [0.2, 0.25) is 5.91 Å². The zero-order chi connectivity index (χ0) is 13.9. The average molecular weight is 290 g/mol. The van der Waals surface area contributed by atoms with Crippen molar-refractivity contribution in [3.63, 3.8) is 0 Å². The van der Waals surface area contributed by atoms with Crippen LogP contribution in [0.4, 0.5) is 4.39 Å². The highest BCUT2D eigenvalue weighted by molar-refractivity contribution is 7.13. The van der Waals surface area contributed by atoms with Crippen molar-refractivity contribution in [3.8, 4) is 10.4 Å². The Morgan fingerprint density at radius 3 is 3.00 bits per heavy atom. The molecule has 2 heterocycles. The normalized spacial score (nSPS) is 18.2. The SMILES string of the molecule is O=C1CC(NCc2ccc(F)c(-c3cccs3)c2)CN1. The Morgan fingerprint density at radius 2 is 2.30 bits per heavy atom. The van der Waals surface area contributed by atoms with Gasteiger partial charge in [0.25, 0.3) is 0 Å². The topological polar surface area (TPSA) is 41.1 Å². The summed E-state index contributed by atoms with van der Waals surface area (Å²) in [5.41, 5.74) is 1.66. The third-order valence-corrected chi connectivity index (χ3v) is 4.29. The number of carbonyl (C=O) groups excluding carboxylic acids is 1. The van der Waals surface area contributed by atoms with Crippen molar-refractivity contribution in [2.24, 2.45) is 0 Å². The predicted molar refractivity (Wildman–Crippen MR) is 78.0 cm³/mol. The summed E-state index contributed by atoms with van der Waals surface area (Å²) in [5, 5.41) is 8.05. The van der Waals surface area contributed by atoms with Crippen molar-refractivity contribution in [1.29, 1.82) is 0 Å². The van der Waals surface area contributed by atoms with Crippen LogP contribution >= 0.6 is 11.3 Å². The first-order chi connectivity index (χ1) is 9.72. The minimum absolute atomic E-state index is 0.0841. The molecule has 0 saturated carbocycles. The minimum Gasteiger partial charge on any atom is -0.354 e. The summed E-state index contributed by atoms with van der Waals surface area (Å²) in [5.74, 6) is -0.116. The van der Waals surface area contributed by atoms with Crippen molar-refractivity contribution in [2.45, 2.75) is 19.0 Å². The smallest absolute Gasteiger partial charge is 0.221 e. The Kier molecular flexibility index (Phi) is 3.80. The van der Waals surface area contributed by atoms with Crippen molar-refractivity contribution < 1.29 is 9.18 Å². The van der Waals surface area contributed by atoms with Crippen LogP contribution in [0.1, 0.15) is 12.0 Å². The molecule has 1 aliphatic heterocycles. The third kappa shape index (κ3) is 2.89. The molecule has 1 aromatic carbocycles. The lowest BCUT2D eigenvalue weighted by Crippen LogP contribution is -2.30. The van der Waals surface area contributed by atoms with Crippen LogP contribution in [0.25, 0.3) is 10.4 Å². The molecule has 1 atom stereocenters. The molecule has 0 spiro atoms. The minimum atomic E-state index is -0.200. The van der Waals surface area contributed by atoms with E-state index in [9.17, 15) is 9.18 Å². The van der Waals surface area contributed by atoms with Crippen LogP contribution in [0.15, 0.2) is 35.7 Å². The van der Waals surface area contributed by atoms with Crippen molar-refractivity contribution >= 4 is 17.2 Å². The molecule has 0 bridgehead atoms. The van der Waals surface area contributed by atoms with E-state index in [1.165, 1.54) is 17.4 Å². The molecule has 1 amide bonds. The molecule has 0 aliphatic carbocycles. The molecular weight excluding hydrogens is 275 g/mol. The van der Waals surface area contributed by atoms with Gasteiger partial charge in [0.15, 0.2) is 0 Å². The maximum Gasteiger partial charge on any atom is 0.221 e. The van der Waals surface area contributed by atoms with Gasteiger partial charge in [-0.3, -0.25) is 4.79 Å². The molecule has 3 rings (SSSR count). The first-order valence-corrected chi connectivity index (χ1v) is 7.43. The van der Waals surface area contributed by atoms with Crippen LogP contribution in [-0.4, -0.2) is 18.5 Å². The van der Waals surface area contributed by atoms with Gasteiger partial charge in [-0.05, 0) is 29.1 Å². The quantitative estimate of drug-likeness (QED) is 0.908. The van der Waals surface area contributed by atoms with E-state index in [2.05, 4.69) is 10.6 Å². The highest BCUT2D eigenvalue weighted by atomic mass is 32.1. The molecule has 1 fully saturated rings. The highest BCUT2D eigenvalue weighted by Gasteiger charge is 2.20. The number of nitrogens with one attached hydrogen (secondary N) is 2.